The number of halogens is 4. The minimum absolute atomic E-state index is 0.804. The minimum Gasteiger partial charge on any atom is -0.496 e. The minimum atomic E-state index is 0.804. The number of rotatable bonds is 5. The summed E-state index contributed by atoms with van der Waals surface area (Å²) in [6.45, 7) is 0. The lowest BCUT2D eigenvalue weighted by atomic mass is 10.3. The van der Waals surface area contributed by atoms with Crippen LogP contribution in [0.15, 0.2) is 51.9 Å². The molecule has 0 unspecified atom stereocenters. The van der Waals surface area contributed by atoms with Crippen LogP contribution in [0.2, 0.25) is 0 Å². The lowest BCUT2D eigenvalue weighted by molar-refractivity contribution is 0.410. The maximum absolute atomic E-state index is 5.34. The SMILES string of the molecule is COc1cc(SSc2cc(OC)c(Br)cc2Br)c(Br)cc1Br. The molecule has 0 saturated heterocycles. The molecule has 2 nitrogen and oxygen atoms in total. The van der Waals surface area contributed by atoms with E-state index >= 15 is 0 Å². The maximum Gasteiger partial charge on any atom is 0.134 e. The number of ether oxygens (including phenoxy) is 2. The molecule has 0 fully saturated rings. The van der Waals surface area contributed by atoms with Crippen molar-refractivity contribution in [3.63, 3.8) is 0 Å². The molecule has 0 N–H and O–H groups in total. The molecule has 8 heteroatoms. The normalized spacial score (nSPS) is 10.6. The van der Waals surface area contributed by atoms with Gasteiger partial charge in [0.15, 0.2) is 0 Å². The van der Waals surface area contributed by atoms with Gasteiger partial charge in [-0.05, 0) is 88.0 Å². The number of benzene rings is 2. The Kier molecular flexibility index (Phi) is 7.48. The Morgan fingerprint density at radius 3 is 1.32 bits per heavy atom. The van der Waals surface area contributed by atoms with Crippen LogP contribution in [0.4, 0.5) is 0 Å². The highest BCUT2D eigenvalue weighted by molar-refractivity contribution is 9.11. The van der Waals surface area contributed by atoms with Gasteiger partial charge in [-0.15, -0.1) is 0 Å². The Balaban J connectivity index is 2.23. The van der Waals surface area contributed by atoms with E-state index in [1.807, 2.05) is 24.3 Å². The smallest absolute Gasteiger partial charge is 0.134 e. The van der Waals surface area contributed by atoms with E-state index in [4.69, 9.17) is 9.47 Å². The number of methoxy groups -OCH3 is 2. The zero-order valence-corrected chi connectivity index (χ0v) is 19.4. The molecule has 0 bridgehead atoms. The van der Waals surface area contributed by atoms with Gasteiger partial charge in [-0.2, -0.15) is 0 Å². The summed E-state index contributed by atoms with van der Waals surface area (Å²) in [6, 6.07) is 7.96. The van der Waals surface area contributed by atoms with Gasteiger partial charge < -0.3 is 9.47 Å². The van der Waals surface area contributed by atoms with E-state index in [9.17, 15) is 0 Å². The van der Waals surface area contributed by atoms with Gasteiger partial charge in [0, 0.05) is 18.7 Å². The molecule has 0 aliphatic carbocycles. The largest absolute Gasteiger partial charge is 0.496 e. The quantitative estimate of drug-likeness (QED) is 0.333. The Hall–Kier alpha value is 0.660. The van der Waals surface area contributed by atoms with E-state index in [0.717, 1.165) is 39.2 Å². The molecule has 0 aromatic heterocycles. The van der Waals surface area contributed by atoms with E-state index < -0.39 is 0 Å². The molecule has 2 aromatic carbocycles. The molecule has 0 amide bonds. The Labute approximate surface area is 171 Å². The lowest BCUT2D eigenvalue weighted by Gasteiger charge is -2.11. The summed E-state index contributed by atoms with van der Waals surface area (Å²) in [7, 11) is 6.61. The first-order chi connectivity index (χ1) is 10.5. The highest BCUT2D eigenvalue weighted by Crippen LogP contribution is 2.47. The highest BCUT2D eigenvalue weighted by atomic mass is 79.9. The van der Waals surface area contributed by atoms with Crippen LogP contribution in [0.5, 0.6) is 11.5 Å². The summed E-state index contributed by atoms with van der Waals surface area (Å²) in [5, 5.41) is 0. The van der Waals surface area contributed by atoms with Crippen LogP contribution >= 0.6 is 85.3 Å². The Bertz CT molecular complexity index is 636. The Morgan fingerprint density at radius 2 is 1.00 bits per heavy atom. The molecule has 0 saturated carbocycles. The van der Waals surface area contributed by atoms with E-state index in [1.54, 1.807) is 35.8 Å². The van der Waals surface area contributed by atoms with Crippen LogP contribution in [-0.4, -0.2) is 14.2 Å². The average Bonchev–Trinajstić information content (AvgIpc) is 2.48. The Morgan fingerprint density at radius 1 is 0.636 bits per heavy atom. The average molecular weight is 594 g/mol. The highest BCUT2D eigenvalue weighted by Gasteiger charge is 2.12. The summed E-state index contributed by atoms with van der Waals surface area (Å²) in [5.74, 6) is 1.61. The molecular formula is C14H10Br4O2S2. The van der Waals surface area contributed by atoms with Crippen LogP contribution in [-0.2, 0) is 0 Å². The molecule has 22 heavy (non-hydrogen) atoms. The monoisotopic (exact) mass is 590 g/mol. The van der Waals surface area contributed by atoms with E-state index in [2.05, 4.69) is 63.7 Å². The van der Waals surface area contributed by atoms with Crippen LogP contribution in [0, 0.1) is 0 Å². The van der Waals surface area contributed by atoms with E-state index in [-0.39, 0.29) is 0 Å². The summed E-state index contributed by atoms with van der Waals surface area (Å²) < 4.78 is 14.5. The zero-order valence-electron chi connectivity index (χ0n) is 11.5. The van der Waals surface area contributed by atoms with E-state index in [1.165, 1.54) is 0 Å². The second-order valence-corrected chi connectivity index (χ2v) is 9.63. The van der Waals surface area contributed by atoms with Crippen molar-refractivity contribution < 1.29 is 9.47 Å². The standard InChI is InChI=1S/C14H10Br4O2S2/c1-19-11-5-13(9(17)3-7(11)15)21-22-14-6-12(20-2)8(16)4-10(14)18/h3-6H,1-2H3. The summed E-state index contributed by atoms with van der Waals surface area (Å²) in [5.41, 5.74) is 0. The van der Waals surface area contributed by atoms with Crippen LogP contribution < -0.4 is 9.47 Å². The van der Waals surface area contributed by atoms with Crippen molar-refractivity contribution in [1.82, 2.24) is 0 Å². The van der Waals surface area contributed by atoms with Crippen molar-refractivity contribution in [2.45, 2.75) is 9.79 Å². The topological polar surface area (TPSA) is 18.5 Å². The fourth-order valence-electron chi connectivity index (χ4n) is 1.55. The van der Waals surface area contributed by atoms with Crippen molar-refractivity contribution in [3.05, 3.63) is 42.2 Å². The van der Waals surface area contributed by atoms with Crippen molar-refractivity contribution in [2.75, 3.05) is 14.2 Å². The molecule has 0 atom stereocenters. The fraction of sp³-hybridized carbons (Fsp3) is 0.143. The van der Waals surface area contributed by atoms with Gasteiger partial charge in [0.1, 0.15) is 11.5 Å². The predicted octanol–water partition coefficient (Wildman–Crippen LogP) is 7.55. The van der Waals surface area contributed by atoms with Gasteiger partial charge in [-0.1, -0.05) is 21.6 Å². The second kappa shape index (κ2) is 8.67. The lowest BCUT2D eigenvalue weighted by Crippen LogP contribution is -1.86. The summed E-state index contributed by atoms with van der Waals surface area (Å²) in [6.07, 6.45) is 0. The maximum atomic E-state index is 5.34. The first-order valence-electron chi connectivity index (χ1n) is 5.86. The predicted molar refractivity (Wildman–Crippen MR) is 109 cm³/mol. The molecule has 0 spiro atoms. The van der Waals surface area contributed by atoms with Gasteiger partial charge >= 0.3 is 0 Å². The zero-order chi connectivity index (χ0) is 16.3. The van der Waals surface area contributed by atoms with Crippen molar-refractivity contribution in [3.8, 4) is 11.5 Å². The summed E-state index contributed by atoms with van der Waals surface area (Å²) >= 11 is 14.1. The van der Waals surface area contributed by atoms with Gasteiger partial charge in [-0.3, -0.25) is 0 Å². The molecule has 118 valence electrons. The second-order valence-electron chi connectivity index (χ2n) is 4.00. The van der Waals surface area contributed by atoms with Gasteiger partial charge in [0.05, 0.1) is 23.2 Å². The third-order valence-corrected chi connectivity index (χ3v) is 8.16. The number of hydrogen-bond donors (Lipinski definition) is 0. The van der Waals surface area contributed by atoms with Crippen molar-refractivity contribution >= 4 is 85.3 Å². The molecule has 0 heterocycles. The van der Waals surface area contributed by atoms with Crippen LogP contribution in [0.1, 0.15) is 0 Å². The third-order valence-electron chi connectivity index (χ3n) is 2.63. The van der Waals surface area contributed by atoms with Gasteiger partial charge in [0.25, 0.3) is 0 Å². The van der Waals surface area contributed by atoms with Crippen LogP contribution in [0.25, 0.3) is 0 Å². The van der Waals surface area contributed by atoms with E-state index in [0.29, 0.717) is 0 Å². The summed E-state index contributed by atoms with van der Waals surface area (Å²) in [4.78, 5) is 2.16. The van der Waals surface area contributed by atoms with Crippen LogP contribution in [0.3, 0.4) is 0 Å². The third kappa shape index (κ3) is 4.60. The van der Waals surface area contributed by atoms with Gasteiger partial charge in [0.2, 0.25) is 0 Å². The van der Waals surface area contributed by atoms with Crippen molar-refractivity contribution in [1.29, 1.82) is 0 Å². The number of hydrogen-bond acceptors (Lipinski definition) is 4. The first kappa shape index (κ1) is 19.0. The molecule has 0 radical (unpaired) electrons. The fourth-order valence-corrected chi connectivity index (χ4v) is 7.12. The van der Waals surface area contributed by atoms with Gasteiger partial charge in [-0.25, -0.2) is 0 Å². The first-order valence-corrected chi connectivity index (χ1v) is 11.2. The molecule has 2 aromatic rings. The molecular weight excluding hydrogens is 584 g/mol. The molecule has 0 aliphatic heterocycles. The molecule has 0 aliphatic rings. The molecule has 2 rings (SSSR count). The van der Waals surface area contributed by atoms with Crippen molar-refractivity contribution in [2.24, 2.45) is 0 Å².